The normalized spacial score (nSPS) is 12.1. The summed E-state index contributed by atoms with van der Waals surface area (Å²) < 4.78 is 11.4. The van der Waals surface area contributed by atoms with Crippen LogP contribution in [0.3, 0.4) is 0 Å². The monoisotopic (exact) mass is 702 g/mol. The Morgan fingerprint density at radius 1 is 0.857 bits per heavy atom. The number of benzene rings is 2. The first-order valence-electron chi connectivity index (χ1n) is 17.0. The molecule has 0 saturated heterocycles. The topological polar surface area (TPSA) is 118 Å². The van der Waals surface area contributed by atoms with E-state index >= 15 is 0 Å². The SMILES string of the molecule is C=CC(=O)OCCCCCCCCN(CC)c1ccc(N=Nc2nc3sc(N=Nc4ccc(CCOC(=O)C(C)CC)cc4)cc3s2)cc1. The molecule has 0 N–H and O–H groups in total. The lowest BCUT2D eigenvalue weighted by molar-refractivity contribution is -0.148. The van der Waals surface area contributed by atoms with E-state index in [-0.39, 0.29) is 17.9 Å². The zero-order valence-corrected chi connectivity index (χ0v) is 30.3. The summed E-state index contributed by atoms with van der Waals surface area (Å²) in [5, 5.41) is 18.9. The number of aromatic nitrogens is 1. The van der Waals surface area contributed by atoms with Crippen LogP contribution in [0.4, 0.5) is 27.2 Å². The Morgan fingerprint density at radius 2 is 1.53 bits per heavy atom. The lowest BCUT2D eigenvalue weighted by Gasteiger charge is -2.23. The molecule has 10 nitrogen and oxygen atoms in total. The Balaban J connectivity index is 1.19. The van der Waals surface area contributed by atoms with E-state index in [2.05, 4.69) is 56.0 Å². The van der Waals surface area contributed by atoms with E-state index in [1.807, 2.05) is 56.3 Å². The van der Waals surface area contributed by atoms with E-state index in [0.29, 0.717) is 24.8 Å². The average Bonchev–Trinajstić information content (AvgIpc) is 3.69. The predicted octanol–water partition coefficient (Wildman–Crippen LogP) is 11.2. The second-order valence-electron chi connectivity index (χ2n) is 11.6. The minimum Gasteiger partial charge on any atom is -0.465 e. The van der Waals surface area contributed by atoms with E-state index in [4.69, 9.17) is 9.47 Å². The van der Waals surface area contributed by atoms with Crippen molar-refractivity contribution in [2.45, 2.75) is 72.1 Å². The minimum absolute atomic E-state index is 0.0678. The summed E-state index contributed by atoms with van der Waals surface area (Å²) in [5.74, 6) is -0.559. The maximum Gasteiger partial charge on any atom is 0.330 e. The summed E-state index contributed by atoms with van der Waals surface area (Å²) in [6.07, 6.45) is 9.27. The molecule has 0 bridgehead atoms. The Kier molecular flexibility index (Phi) is 15.5. The molecule has 0 spiro atoms. The molecule has 2 aromatic heterocycles. The highest BCUT2D eigenvalue weighted by Gasteiger charge is 2.12. The van der Waals surface area contributed by atoms with E-state index in [9.17, 15) is 9.59 Å². The maximum atomic E-state index is 11.8. The number of hydrogen-bond donors (Lipinski definition) is 0. The van der Waals surface area contributed by atoms with Crippen LogP contribution in [0.15, 0.2) is 87.7 Å². The van der Waals surface area contributed by atoms with Crippen molar-refractivity contribution in [2.75, 3.05) is 31.2 Å². The van der Waals surface area contributed by atoms with Crippen molar-refractivity contribution in [1.82, 2.24) is 4.98 Å². The van der Waals surface area contributed by atoms with Crippen LogP contribution in [0.1, 0.15) is 71.3 Å². The fraction of sp³-hybridized carbons (Fsp3) is 0.432. The molecule has 0 amide bonds. The molecule has 0 aliphatic rings. The van der Waals surface area contributed by atoms with Gasteiger partial charge < -0.3 is 14.4 Å². The molecule has 0 aliphatic carbocycles. The summed E-state index contributed by atoms with van der Waals surface area (Å²) in [7, 11) is 0. The second kappa shape index (κ2) is 20.3. The summed E-state index contributed by atoms with van der Waals surface area (Å²) in [4.78, 5) is 30.8. The lowest BCUT2D eigenvalue weighted by Crippen LogP contribution is -2.23. The number of thiophene rings is 1. The first-order valence-corrected chi connectivity index (χ1v) is 18.7. The van der Waals surface area contributed by atoms with Crippen LogP contribution in [-0.2, 0) is 25.5 Å². The van der Waals surface area contributed by atoms with Crippen LogP contribution in [0.2, 0.25) is 0 Å². The third-order valence-corrected chi connectivity index (χ3v) is 9.93. The van der Waals surface area contributed by atoms with Crippen molar-refractivity contribution in [2.24, 2.45) is 26.4 Å². The number of azo groups is 2. The average molecular weight is 703 g/mol. The highest BCUT2D eigenvalue weighted by atomic mass is 32.1. The fourth-order valence-electron chi connectivity index (χ4n) is 4.86. The number of ether oxygens (including phenoxy) is 2. The van der Waals surface area contributed by atoms with Crippen molar-refractivity contribution < 1.29 is 19.1 Å². The highest BCUT2D eigenvalue weighted by molar-refractivity contribution is 7.30. The van der Waals surface area contributed by atoms with Gasteiger partial charge in [0.2, 0.25) is 5.13 Å². The van der Waals surface area contributed by atoms with Gasteiger partial charge in [0.25, 0.3) is 0 Å². The van der Waals surface area contributed by atoms with Crippen molar-refractivity contribution in [1.29, 1.82) is 0 Å². The van der Waals surface area contributed by atoms with Crippen molar-refractivity contribution in [3.63, 3.8) is 0 Å². The first-order chi connectivity index (χ1) is 23.9. The van der Waals surface area contributed by atoms with Crippen LogP contribution in [-0.4, -0.2) is 43.2 Å². The van der Waals surface area contributed by atoms with Gasteiger partial charge in [0.15, 0.2) is 0 Å². The number of carbonyl (C=O) groups is 2. The number of nitrogens with zero attached hydrogens (tertiary/aromatic N) is 6. The standard InChI is InChI=1S/C37H46N6O4S2/c1-5-27(4)36(45)47-25-22-28-14-16-29(17-15-28)39-41-33-26-32-35(49-33)38-37(48-32)42-40-30-18-20-31(21-19-30)43(7-3)23-12-10-8-9-11-13-24-46-34(44)6-2/h6,14-21,26-27H,2,5,7-13,22-25H2,1,3-4H3. The van der Waals surface area contributed by atoms with Crippen molar-refractivity contribution in [3.05, 3.63) is 72.8 Å². The van der Waals surface area contributed by atoms with E-state index in [1.165, 1.54) is 47.3 Å². The van der Waals surface area contributed by atoms with E-state index in [1.54, 1.807) is 0 Å². The van der Waals surface area contributed by atoms with Crippen molar-refractivity contribution in [3.8, 4) is 0 Å². The van der Waals surface area contributed by atoms with Gasteiger partial charge in [-0.15, -0.1) is 20.5 Å². The van der Waals surface area contributed by atoms with Gasteiger partial charge in [-0.3, -0.25) is 4.79 Å². The van der Waals surface area contributed by atoms with Crippen molar-refractivity contribution >= 4 is 71.3 Å². The number of rotatable bonds is 21. The van der Waals surface area contributed by atoms with Gasteiger partial charge in [0.05, 0.1) is 35.2 Å². The molecule has 2 aromatic carbocycles. The summed E-state index contributed by atoms with van der Waals surface area (Å²) in [5.41, 5.74) is 3.79. The maximum absolute atomic E-state index is 11.8. The molecule has 4 rings (SSSR count). The lowest BCUT2D eigenvalue weighted by atomic mass is 10.1. The summed E-state index contributed by atoms with van der Waals surface area (Å²) >= 11 is 2.94. The largest absolute Gasteiger partial charge is 0.465 e. The quantitative estimate of drug-likeness (QED) is 0.0369. The zero-order chi connectivity index (χ0) is 34.8. The van der Waals surface area contributed by atoms with Gasteiger partial charge in [0, 0.05) is 31.3 Å². The molecule has 12 heteroatoms. The number of carbonyl (C=O) groups excluding carboxylic acids is 2. The van der Waals surface area contributed by atoms with Gasteiger partial charge in [-0.05, 0) is 74.2 Å². The predicted molar refractivity (Wildman–Crippen MR) is 200 cm³/mol. The molecule has 0 radical (unpaired) electrons. The summed E-state index contributed by atoms with van der Waals surface area (Å²) in [6, 6.07) is 17.9. The fourth-order valence-corrected chi connectivity index (χ4v) is 6.71. The van der Waals surface area contributed by atoms with E-state index in [0.717, 1.165) is 76.7 Å². The van der Waals surface area contributed by atoms with Crippen LogP contribution in [0.5, 0.6) is 0 Å². The molecule has 0 aliphatic heterocycles. The molecule has 0 saturated carbocycles. The second-order valence-corrected chi connectivity index (χ2v) is 13.7. The third kappa shape index (κ3) is 12.6. The third-order valence-electron chi connectivity index (χ3n) is 8.00. The molecule has 2 heterocycles. The van der Waals surface area contributed by atoms with E-state index < -0.39 is 0 Å². The Hall–Kier alpha value is -4.29. The van der Waals surface area contributed by atoms with Gasteiger partial charge in [-0.1, -0.05) is 80.9 Å². The van der Waals surface area contributed by atoms with Crippen LogP contribution < -0.4 is 4.90 Å². The molecule has 4 aromatic rings. The highest BCUT2D eigenvalue weighted by Crippen LogP contribution is 2.39. The van der Waals surface area contributed by atoms with Gasteiger partial charge >= 0.3 is 11.9 Å². The Morgan fingerprint density at radius 3 is 2.20 bits per heavy atom. The molecule has 1 atom stereocenters. The van der Waals surface area contributed by atoms with Crippen LogP contribution in [0, 0.1) is 5.92 Å². The number of hydrogen-bond acceptors (Lipinski definition) is 12. The molecule has 1 unspecified atom stereocenters. The van der Waals surface area contributed by atoms with Gasteiger partial charge in [0.1, 0.15) is 9.83 Å². The summed E-state index contributed by atoms with van der Waals surface area (Å²) in [6.45, 7) is 12.2. The first kappa shape index (κ1) is 37.5. The number of anilines is 1. The number of thiazole rings is 1. The Bertz CT molecular complexity index is 1650. The molecular formula is C37H46N6O4S2. The molecular weight excluding hydrogens is 657 g/mol. The minimum atomic E-state index is -0.346. The van der Waals surface area contributed by atoms with Gasteiger partial charge in [-0.25, -0.2) is 9.78 Å². The molecule has 260 valence electrons. The number of unbranched alkanes of at least 4 members (excludes halogenated alkanes) is 5. The van der Waals surface area contributed by atoms with Crippen LogP contribution >= 0.6 is 22.7 Å². The van der Waals surface area contributed by atoms with Crippen LogP contribution in [0.25, 0.3) is 9.53 Å². The van der Waals surface area contributed by atoms with Gasteiger partial charge in [-0.2, -0.15) is 0 Å². The number of esters is 2. The molecule has 0 fully saturated rings. The Labute approximate surface area is 297 Å². The zero-order valence-electron chi connectivity index (χ0n) is 28.7. The molecule has 49 heavy (non-hydrogen) atoms. The number of fused-ring (bicyclic) bond motifs is 1. The smallest absolute Gasteiger partial charge is 0.330 e.